The Labute approximate surface area is 104 Å². The van der Waals surface area contributed by atoms with Crippen LogP contribution in [0.1, 0.15) is 0 Å². The average Bonchev–Trinajstić information content (AvgIpc) is 2.19. The van der Waals surface area contributed by atoms with Crippen molar-refractivity contribution in [3.8, 4) is 0 Å². The Balaban J connectivity index is 5.31. The van der Waals surface area contributed by atoms with Gasteiger partial charge in [-0.1, -0.05) is 0 Å². The minimum absolute atomic E-state index is 1.45. The van der Waals surface area contributed by atoms with E-state index in [-0.39, 0.29) is 0 Å². The van der Waals surface area contributed by atoms with Gasteiger partial charge in [-0.05, 0) is 0 Å². The number of ether oxygens (including phenoxy) is 3. The summed E-state index contributed by atoms with van der Waals surface area (Å²) in [4.78, 5) is 48.7. The van der Waals surface area contributed by atoms with Gasteiger partial charge in [-0.3, -0.25) is 4.57 Å². The standard InChI is InChI=1S/C6H9O12P/c7-3(8)16-1-6(18-5(11)12,19(13,14)15)2-17-4(9)10/h1-2H2,(H,7,8)(H,9,10)(H,11,12)(H2,13,14,15). The summed E-state index contributed by atoms with van der Waals surface area (Å²) in [5.41, 5.74) is 0. The van der Waals surface area contributed by atoms with E-state index in [1.807, 2.05) is 0 Å². The van der Waals surface area contributed by atoms with Crippen molar-refractivity contribution in [2.75, 3.05) is 13.2 Å². The lowest BCUT2D eigenvalue weighted by Crippen LogP contribution is -2.45. The number of rotatable bonds is 6. The molecule has 0 aliphatic heterocycles. The highest BCUT2D eigenvalue weighted by atomic mass is 31.2. The van der Waals surface area contributed by atoms with Gasteiger partial charge in [0.25, 0.3) is 5.34 Å². The molecule has 0 unspecified atom stereocenters. The van der Waals surface area contributed by atoms with E-state index in [1.165, 1.54) is 0 Å². The summed E-state index contributed by atoms with van der Waals surface area (Å²) in [6, 6.07) is 0. The number of carbonyl (C=O) groups is 3. The van der Waals surface area contributed by atoms with Gasteiger partial charge >= 0.3 is 26.1 Å². The third-order valence-electron chi connectivity index (χ3n) is 1.65. The zero-order valence-corrected chi connectivity index (χ0v) is 9.85. The molecule has 19 heavy (non-hydrogen) atoms. The normalized spacial score (nSPS) is 11.5. The van der Waals surface area contributed by atoms with Gasteiger partial charge in [0, 0.05) is 0 Å². The van der Waals surface area contributed by atoms with Gasteiger partial charge in [0.2, 0.25) is 0 Å². The molecule has 13 heteroatoms. The molecule has 5 N–H and O–H groups in total. The van der Waals surface area contributed by atoms with Gasteiger partial charge in [0.1, 0.15) is 0 Å². The van der Waals surface area contributed by atoms with Crippen molar-refractivity contribution in [1.29, 1.82) is 0 Å². The van der Waals surface area contributed by atoms with Gasteiger partial charge in [0.15, 0.2) is 13.2 Å². The molecule has 0 bridgehead atoms. The molecule has 110 valence electrons. The molecule has 0 aromatic rings. The summed E-state index contributed by atoms with van der Waals surface area (Å²) in [5, 5.41) is 21.7. The molecule has 0 aliphatic rings. The van der Waals surface area contributed by atoms with Gasteiger partial charge in [-0.2, -0.15) is 0 Å². The second-order valence-electron chi connectivity index (χ2n) is 2.97. The van der Waals surface area contributed by atoms with Crippen LogP contribution in [0, 0.1) is 0 Å². The zero-order chi connectivity index (χ0) is 15.3. The number of carboxylic acid groups (broad SMARTS) is 3. The van der Waals surface area contributed by atoms with Crippen LogP contribution in [0.4, 0.5) is 14.4 Å². The first-order chi connectivity index (χ1) is 8.50. The molecule has 0 atom stereocenters. The molecule has 0 radical (unpaired) electrons. The minimum Gasteiger partial charge on any atom is -0.450 e. The second-order valence-corrected chi connectivity index (χ2v) is 4.87. The zero-order valence-electron chi connectivity index (χ0n) is 8.96. The molecule has 0 saturated heterocycles. The smallest absolute Gasteiger partial charge is 0.450 e. The molecule has 0 spiro atoms. The lowest BCUT2D eigenvalue weighted by Gasteiger charge is -2.30. The van der Waals surface area contributed by atoms with Crippen molar-refractivity contribution in [2.45, 2.75) is 5.34 Å². The van der Waals surface area contributed by atoms with Crippen LogP contribution in [0.3, 0.4) is 0 Å². The van der Waals surface area contributed by atoms with Crippen molar-refractivity contribution >= 4 is 26.1 Å². The summed E-state index contributed by atoms with van der Waals surface area (Å²) in [5.74, 6) is 0. The van der Waals surface area contributed by atoms with Crippen LogP contribution in [0.15, 0.2) is 0 Å². The van der Waals surface area contributed by atoms with Gasteiger partial charge in [-0.15, -0.1) is 0 Å². The second kappa shape index (κ2) is 6.22. The summed E-state index contributed by atoms with van der Waals surface area (Å²) in [6.07, 6.45) is -6.16. The van der Waals surface area contributed by atoms with Crippen molar-refractivity contribution in [3.05, 3.63) is 0 Å². The Morgan fingerprint density at radius 3 is 1.47 bits per heavy atom. The fourth-order valence-corrected chi connectivity index (χ4v) is 1.50. The first kappa shape index (κ1) is 17.0. The average molecular weight is 304 g/mol. The quantitative estimate of drug-likeness (QED) is 0.249. The third kappa shape index (κ3) is 5.42. The Morgan fingerprint density at radius 1 is 0.895 bits per heavy atom. The summed E-state index contributed by atoms with van der Waals surface area (Å²) in [7, 11) is -5.45. The van der Waals surface area contributed by atoms with Crippen LogP contribution in [-0.2, 0) is 18.8 Å². The summed E-state index contributed by atoms with van der Waals surface area (Å²) < 4.78 is 22.7. The molecular weight excluding hydrogens is 295 g/mol. The molecule has 0 amide bonds. The predicted molar refractivity (Wildman–Crippen MR) is 51.8 cm³/mol. The lowest BCUT2D eigenvalue weighted by atomic mass is 10.4. The summed E-state index contributed by atoms with van der Waals surface area (Å²) >= 11 is 0. The Morgan fingerprint density at radius 2 is 1.26 bits per heavy atom. The van der Waals surface area contributed by atoms with Crippen molar-refractivity contribution < 1.29 is 58.3 Å². The first-order valence-corrected chi connectivity index (χ1v) is 5.80. The van der Waals surface area contributed by atoms with E-state index in [2.05, 4.69) is 14.2 Å². The van der Waals surface area contributed by atoms with Crippen LogP contribution in [0.5, 0.6) is 0 Å². The van der Waals surface area contributed by atoms with Crippen LogP contribution >= 0.6 is 7.60 Å². The molecule has 0 aromatic carbocycles. The van der Waals surface area contributed by atoms with E-state index in [0.29, 0.717) is 0 Å². The van der Waals surface area contributed by atoms with Crippen molar-refractivity contribution in [3.63, 3.8) is 0 Å². The largest absolute Gasteiger partial charge is 0.507 e. The van der Waals surface area contributed by atoms with Crippen LogP contribution in [0.25, 0.3) is 0 Å². The Hall–Kier alpha value is -2.04. The molecule has 0 fully saturated rings. The minimum atomic E-state index is -5.45. The summed E-state index contributed by atoms with van der Waals surface area (Å²) in [6.45, 7) is -2.90. The highest BCUT2D eigenvalue weighted by molar-refractivity contribution is 7.53. The van der Waals surface area contributed by atoms with E-state index in [0.717, 1.165) is 0 Å². The maximum Gasteiger partial charge on any atom is 0.507 e. The third-order valence-corrected chi connectivity index (χ3v) is 3.06. The van der Waals surface area contributed by atoms with Crippen LogP contribution < -0.4 is 0 Å². The maximum absolute atomic E-state index is 11.2. The van der Waals surface area contributed by atoms with E-state index < -0.39 is 44.6 Å². The molecule has 0 rings (SSSR count). The molecule has 0 aliphatic carbocycles. The van der Waals surface area contributed by atoms with E-state index in [9.17, 15) is 18.9 Å². The predicted octanol–water partition coefficient (Wildman–Crippen LogP) is -0.0558. The van der Waals surface area contributed by atoms with Crippen LogP contribution in [0.2, 0.25) is 0 Å². The lowest BCUT2D eigenvalue weighted by molar-refractivity contribution is -0.0610. The molecule has 0 aromatic heterocycles. The maximum atomic E-state index is 11.2. The number of hydrogen-bond acceptors (Lipinski definition) is 7. The van der Waals surface area contributed by atoms with E-state index in [4.69, 9.17) is 25.1 Å². The fourth-order valence-electron chi connectivity index (χ4n) is 0.840. The van der Waals surface area contributed by atoms with E-state index >= 15 is 0 Å². The molecular formula is C6H9O12P. The highest BCUT2D eigenvalue weighted by Crippen LogP contribution is 2.51. The van der Waals surface area contributed by atoms with Crippen LogP contribution in [-0.4, -0.2) is 62.1 Å². The Kier molecular flexibility index (Phi) is 5.55. The molecule has 0 saturated carbocycles. The van der Waals surface area contributed by atoms with Gasteiger partial charge < -0.3 is 39.3 Å². The van der Waals surface area contributed by atoms with Crippen molar-refractivity contribution in [2.24, 2.45) is 0 Å². The van der Waals surface area contributed by atoms with E-state index in [1.54, 1.807) is 0 Å². The van der Waals surface area contributed by atoms with Gasteiger partial charge in [-0.25, -0.2) is 14.4 Å². The highest BCUT2D eigenvalue weighted by Gasteiger charge is 2.54. The Bertz CT molecular complexity index is 390. The number of hydrogen-bond donors (Lipinski definition) is 5. The topological polar surface area (TPSA) is 197 Å². The monoisotopic (exact) mass is 304 g/mol. The SMILES string of the molecule is O=C(O)OCC(COC(=O)O)(OC(=O)O)P(=O)(O)O. The molecule has 12 nitrogen and oxygen atoms in total. The van der Waals surface area contributed by atoms with Gasteiger partial charge in [0.05, 0.1) is 0 Å². The fraction of sp³-hybridized carbons (Fsp3) is 0.500. The first-order valence-electron chi connectivity index (χ1n) is 4.19. The molecule has 0 heterocycles. The van der Waals surface area contributed by atoms with Crippen molar-refractivity contribution in [1.82, 2.24) is 0 Å².